The molecule has 2 atom stereocenters. The molecule has 30 heavy (non-hydrogen) atoms. The molecule has 2 aromatic carbocycles. The molecule has 0 aliphatic heterocycles. The quantitative estimate of drug-likeness (QED) is 0.453. The van der Waals surface area contributed by atoms with Crippen molar-refractivity contribution in [3.05, 3.63) is 65.7 Å². The lowest BCUT2D eigenvalue weighted by Gasteiger charge is -2.26. The van der Waals surface area contributed by atoms with E-state index in [9.17, 15) is 0 Å². The van der Waals surface area contributed by atoms with E-state index < -0.39 is 0 Å². The fourth-order valence-electron chi connectivity index (χ4n) is 5.52. The average Bonchev–Trinajstić information content (AvgIpc) is 2.80. The van der Waals surface area contributed by atoms with E-state index in [0.717, 1.165) is 23.7 Å². The summed E-state index contributed by atoms with van der Waals surface area (Å²) in [7, 11) is 0. The van der Waals surface area contributed by atoms with Gasteiger partial charge in [0.25, 0.3) is 0 Å². The molecule has 160 valence electrons. The topological polar surface area (TPSA) is 0 Å². The van der Waals surface area contributed by atoms with Crippen LogP contribution in [0.4, 0.5) is 0 Å². The Morgan fingerprint density at radius 2 is 1.40 bits per heavy atom. The molecular formula is C30H40. The van der Waals surface area contributed by atoms with Crippen LogP contribution in [0.25, 0.3) is 16.7 Å². The van der Waals surface area contributed by atoms with Gasteiger partial charge in [0.2, 0.25) is 0 Å². The number of hydrogen-bond donors (Lipinski definition) is 0. The van der Waals surface area contributed by atoms with Crippen LogP contribution in [0.1, 0.15) is 95.6 Å². The summed E-state index contributed by atoms with van der Waals surface area (Å²) in [4.78, 5) is 0. The van der Waals surface area contributed by atoms with Gasteiger partial charge >= 0.3 is 0 Å². The van der Waals surface area contributed by atoms with Crippen molar-refractivity contribution in [3.63, 3.8) is 0 Å². The van der Waals surface area contributed by atoms with Gasteiger partial charge in [0, 0.05) is 0 Å². The highest BCUT2D eigenvalue weighted by Gasteiger charge is 2.20. The maximum Gasteiger partial charge on any atom is -0.0162 e. The Labute approximate surface area is 184 Å². The Hall–Kier alpha value is -1.82. The van der Waals surface area contributed by atoms with E-state index in [1.54, 1.807) is 11.1 Å². The minimum atomic E-state index is 0.778. The Morgan fingerprint density at radius 1 is 0.800 bits per heavy atom. The van der Waals surface area contributed by atoms with Crippen molar-refractivity contribution in [1.82, 2.24) is 0 Å². The number of benzene rings is 2. The Balaban J connectivity index is 1.38. The van der Waals surface area contributed by atoms with Crippen LogP contribution in [0, 0.1) is 17.8 Å². The molecule has 0 amide bonds. The predicted molar refractivity (Wildman–Crippen MR) is 132 cm³/mol. The minimum absolute atomic E-state index is 0.778. The van der Waals surface area contributed by atoms with Crippen molar-refractivity contribution in [2.75, 3.05) is 0 Å². The second-order valence-electron chi connectivity index (χ2n) is 10.3. The Morgan fingerprint density at radius 3 is 1.97 bits per heavy atom. The zero-order valence-electron chi connectivity index (χ0n) is 19.4. The lowest BCUT2D eigenvalue weighted by molar-refractivity contribution is 0.348. The van der Waals surface area contributed by atoms with E-state index in [1.165, 1.54) is 74.5 Å². The largest absolute Gasteiger partial charge is 0.0804 e. The molecule has 1 saturated carbocycles. The molecule has 0 bridgehead atoms. The van der Waals surface area contributed by atoms with E-state index in [0.29, 0.717) is 0 Å². The highest BCUT2D eigenvalue weighted by Crippen LogP contribution is 2.37. The summed E-state index contributed by atoms with van der Waals surface area (Å²) in [5.41, 5.74) is 7.22. The molecule has 0 heterocycles. The third kappa shape index (κ3) is 5.26. The first kappa shape index (κ1) is 21.4. The molecule has 0 spiro atoms. The molecule has 0 aromatic heterocycles. The third-order valence-corrected chi connectivity index (χ3v) is 7.94. The van der Waals surface area contributed by atoms with Crippen molar-refractivity contribution < 1.29 is 0 Å². The fraction of sp³-hybridized carbons (Fsp3) is 0.533. The zero-order chi connectivity index (χ0) is 20.9. The molecule has 0 radical (unpaired) electrons. The normalized spacial score (nSPS) is 25.6. The van der Waals surface area contributed by atoms with Gasteiger partial charge in [0.15, 0.2) is 0 Å². The van der Waals surface area contributed by atoms with Gasteiger partial charge in [-0.1, -0.05) is 94.6 Å². The van der Waals surface area contributed by atoms with Gasteiger partial charge in [-0.2, -0.15) is 0 Å². The van der Waals surface area contributed by atoms with Gasteiger partial charge in [-0.25, -0.2) is 0 Å². The van der Waals surface area contributed by atoms with Gasteiger partial charge in [-0.05, 0) is 90.0 Å². The molecule has 2 aromatic rings. The monoisotopic (exact) mass is 400 g/mol. The smallest absolute Gasteiger partial charge is 0.0162 e. The van der Waals surface area contributed by atoms with Crippen molar-refractivity contribution in [2.45, 2.75) is 84.5 Å². The lowest BCUT2D eigenvalue weighted by Crippen LogP contribution is -2.10. The highest BCUT2D eigenvalue weighted by molar-refractivity contribution is 5.71. The van der Waals surface area contributed by atoms with Crippen LogP contribution in [0.15, 0.2) is 54.6 Å². The van der Waals surface area contributed by atoms with Crippen LogP contribution in [0.3, 0.4) is 0 Å². The molecule has 1 fully saturated rings. The van der Waals surface area contributed by atoms with Crippen LogP contribution in [0.5, 0.6) is 0 Å². The van der Waals surface area contributed by atoms with E-state index in [1.807, 2.05) is 0 Å². The summed E-state index contributed by atoms with van der Waals surface area (Å²) >= 11 is 0. The van der Waals surface area contributed by atoms with Gasteiger partial charge in [0.05, 0.1) is 0 Å². The van der Waals surface area contributed by atoms with Crippen LogP contribution in [0.2, 0.25) is 0 Å². The van der Waals surface area contributed by atoms with Crippen LogP contribution >= 0.6 is 0 Å². The van der Waals surface area contributed by atoms with Crippen LogP contribution < -0.4 is 0 Å². The number of hydrogen-bond acceptors (Lipinski definition) is 0. The zero-order valence-corrected chi connectivity index (χ0v) is 19.4. The summed E-state index contributed by atoms with van der Waals surface area (Å²) in [5, 5.41) is 0. The Kier molecular flexibility index (Phi) is 7.13. The van der Waals surface area contributed by atoms with E-state index >= 15 is 0 Å². The molecule has 2 aliphatic rings. The van der Waals surface area contributed by atoms with E-state index in [2.05, 4.69) is 75.4 Å². The summed E-state index contributed by atoms with van der Waals surface area (Å²) in [5.74, 6) is 3.47. The maximum atomic E-state index is 2.52. The first-order valence-corrected chi connectivity index (χ1v) is 12.5. The molecule has 4 rings (SSSR count). The molecule has 2 unspecified atom stereocenters. The molecule has 0 N–H and O–H groups in total. The van der Waals surface area contributed by atoms with Crippen LogP contribution in [-0.4, -0.2) is 0 Å². The fourth-order valence-corrected chi connectivity index (χ4v) is 5.52. The number of allylic oxidation sites excluding steroid dienone is 2. The molecule has 0 heteroatoms. The molecule has 0 saturated heterocycles. The van der Waals surface area contributed by atoms with Crippen molar-refractivity contribution in [1.29, 1.82) is 0 Å². The van der Waals surface area contributed by atoms with E-state index in [-0.39, 0.29) is 0 Å². The van der Waals surface area contributed by atoms with Gasteiger partial charge in [-0.15, -0.1) is 0 Å². The second kappa shape index (κ2) is 9.99. The number of rotatable bonds is 6. The maximum absolute atomic E-state index is 2.52. The summed E-state index contributed by atoms with van der Waals surface area (Å²) < 4.78 is 0. The van der Waals surface area contributed by atoms with Crippen molar-refractivity contribution in [3.8, 4) is 11.1 Å². The van der Waals surface area contributed by atoms with Crippen LogP contribution in [-0.2, 0) is 0 Å². The third-order valence-electron chi connectivity index (χ3n) is 7.94. The average molecular weight is 401 g/mol. The van der Waals surface area contributed by atoms with Gasteiger partial charge < -0.3 is 0 Å². The van der Waals surface area contributed by atoms with E-state index in [4.69, 9.17) is 0 Å². The first-order valence-electron chi connectivity index (χ1n) is 12.5. The minimum Gasteiger partial charge on any atom is -0.0804 e. The molecular weight excluding hydrogens is 360 g/mol. The SMILES string of the molecule is CCC(C)CC1CC=C(c2ccc(-c3ccc([C@H]4CC[C@H](C)CC4)cc3)cc2)CC1. The molecule has 2 aliphatic carbocycles. The first-order chi connectivity index (χ1) is 14.6. The second-order valence-corrected chi connectivity index (χ2v) is 10.3. The predicted octanol–water partition coefficient (Wildman–Crippen LogP) is 9.27. The standard InChI is InChI=1S/C30H40/c1-4-22(2)21-24-7-11-26(12-8-24)28-15-19-30(20-16-28)29-17-13-27(14-18-29)25-9-5-23(3)6-10-25/h11,13-20,22-25H,4-10,12,21H2,1-3H3/t22?,23-,24?,25-. The summed E-state index contributed by atoms with van der Waals surface area (Å²) in [6.07, 6.45) is 14.6. The lowest BCUT2D eigenvalue weighted by atomic mass is 9.79. The van der Waals surface area contributed by atoms with Crippen molar-refractivity contribution in [2.24, 2.45) is 17.8 Å². The summed E-state index contributed by atoms with van der Waals surface area (Å²) in [6.45, 7) is 7.12. The van der Waals surface area contributed by atoms with Gasteiger partial charge in [-0.3, -0.25) is 0 Å². The molecule has 0 nitrogen and oxygen atoms in total. The highest BCUT2D eigenvalue weighted by atomic mass is 14.2. The van der Waals surface area contributed by atoms with Crippen molar-refractivity contribution >= 4 is 5.57 Å². The Bertz CT molecular complexity index is 815. The summed E-state index contributed by atoms with van der Waals surface area (Å²) in [6, 6.07) is 18.7. The van der Waals surface area contributed by atoms with Gasteiger partial charge in [0.1, 0.15) is 0 Å².